The fraction of sp³-hybridized carbons (Fsp3) is 0.450. The molecule has 27 heavy (non-hydrogen) atoms. The SMILES string of the molecule is Cc1cnn(-c2ccc(C(=O)N3CCCC(N(C)CC(=O)O)CC3)cc2)c1. The van der Waals surface area contributed by atoms with E-state index in [1.807, 2.05) is 54.2 Å². The Balaban J connectivity index is 1.63. The van der Waals surface area contributed by atoms with E-state index in [2.05, 4.69) is 5.10 Å². The van der Waals surface area contributed by atoms with Gasteiger partial charge in [-0.1, -0.05) is 0 Å². The molecule has 1 N–H and O–H groups in total. The summed E-state index contributed by atoms with van der Waals surface area (Å²) < 4.78 is 1.79. The monoisotopic (exact) mass is 370 g/mol. The lowest BCUT2D eigenvalue weighted by molar-refractivity contribution is -0.138. The van der Waals surface area contributed by atoms with Crippen molar-refractivity contribution in [1.29, 1.82) is 0 Å². The van der Waals surface area contributed by atoms with Gasteiger partial charge in [0.1, 0.15) is 0 Å². The van der Waals surface area contributed by atoms with Crippen LogP contribution in [0.3, 0.4) is 0 Å². The topological polar surface area (TPSA) is 78.7 Å². The lowest BCUT2D eigenvalue weighted by Gasteiger charge is -2.25. The Kier molecular flexibility index (Phi) is 5.91. The number of carboxylic acids is 1. The maximum Gasteiger partial charge on any atom is 0.317 e. The molecular weight excluding hydrogens is 344 g/mol. The maximum atomic E-state index is 12.9. The number of carbonyl (C=O) groups is 2. The molecule has 144 valence electrons. The summed E-state index contributed by atoms with van der Waals surface area (Å²) in [7, 11) is 1.84. The van der Waals surface area contributed by atoms with Crippen molar-refractivity contribution in [1.82, 2.24) is 19.6 Å². The summed E-state index contributed by atoms with van der Waals surface area (Å²) in [4.78, 5) is 27.5. The number of hydrogen-bond acceptors (Lipinski definition) is 4. The zero-order chi connectivity index (χ0) is 19.4. The molecular formula is C20H26N4O3. The summed E-state index contributed by atoms with van der Waals surface area (Å²) in [6.07, 6.45) is 6.32. The summed E-state index contributed by atoms with van der Waals surface area (Å²) in [6.45, 7) is 3.37. The molecule has 3 rings (SSSR count). The highest BCUT2D eigenvalue weighted by Crippen LogP contribution is 2.18. The standard InChI is InChI=1S/C20H26N4O3/c1-15-12-21-24(13-15)18-7-5-16(6-8-18)20(27)23-10-3-4-17(9-11-23)22(2)14-19(25)26/h5-8,12-13,17H,3-4,9-11,14H2,1-2H3,(H,25,26). The van der Waals surface area contributed by atoms with Crippen LogP contribution < -0.4 is 0 Å². The molecule has 0 bridgehead atoms. The van der Waals surface area contributed by atoms with Gasteiger partial charge in [-0.05, 0) is 63.1 Å². The summed E-state index contributed by atoms with van der Waals surface area (Å²) >= 11 is 0. The summed E-state index contributed by atoms with van der Waals surface area (Å²) in [5.41, 5.74) is 2.67. The van der Waals surface area contributed by atoms with E-state index < -0.39 is 5.97 Å². The van der Waals surface area contributed by atoms with Gasteiger partial charge in [0.2, 0.25) is 0 Å². The number of hydrogen-bond donors (Lipinski definition) is 1. The molecule has 7 heteroatoms. The first-order valence-corrected chi connectivity index (χ1v) is 9.27. The Morgan fingerprint density at radius 2 is 1.96 bits per heavy atom. The van der Waals surface area contributed by atoms with Crippen molar-refractivity contribution in [3.8, 4) is 5.69 Å². The Morgan fingerprint density at radius 1 is 1.22 bits per heavy atom. The van der Waals surface area contributed by atoms with E-state index in [0.717, 1.165) is 30.5 Å². The van der Waals surface area contributed by atoms with Gasteiger partial charge < -0.3 is 10.0 Å². The number of aliphatic carboxylic acids is 1. The molecule has 1 atom stereocenters. The zero-order valence-corrected chi connectivity index (χ0v) is 15.8. The quantitative estimate of drug-likeness (QED) is 0.873. The second-order valence-electron chi connectivity index (χ2n) is 7.19. The van der Waals surface area contributed by atoms with Crippen LogP contribution in [0.1, 0.15) is 35.2 Å². The number of likely N-dealkylation sites (N-methyl/N-ethyl adjacent to an activating group) is 1. The summed E-state index contributed by atoms with van der Waals surface area (Å²) in [5.74, 6) is -0.790. The number of amides is 1. The highest BCUT2D eigenvalue weighted by Gasteiger charge is 2.24. The highest BCUT2D eigenvalue weighted by atomic mass is 16.4. The van der Waals surface area contributed by atoms with Gasteiger partial charge in [-0.2, -0.15) is 5.10 Å². The Labute approximate surface area is 159 Å². The Morgan fingerprint density at radius 3 is 2.59 bits per heavy atom. The number of likely N-dealkylation sites (tertiary alicyclic amines) is 1. The Hall–Kier alpha value is -2.67. The molecule has 0 radical (unpaired) electrons. The second kappa shape index (κ2) is 8.35. The maximum absolute atomic E-state index is 12.9. The van der Waals surface area contributed by atoms with Crippen molar-refractivity contribution in [3.63, 3.8) is 0 Å². The van der Waals surface area contributed by atoms with Gasteiger partial charge in [0.15, 0.2) is 0 Å². The van der Waals surface area contributed by atoms with Crippen LogP contribution in [0.15, 0.2) is 36.7 Å². The van der Waals surface area contributed by atoms with E-state index in [1.165, 1.54) is 0 Å². The number of rotatable bonds is 5. The molecule has 1 fully saturated rings. The van der Waals surface area contributed by atoms with E-state index in [4.69, 9.17) is 5.11 Å². The number of carbonyl (C=O) groups excluding carboxylic acids is 1. The van der Waals surface area contributed by atoms with Crippen molar-refractivity contribution in [3.05, 3.63) is 47.8 Å². The van der Waals surface area contributed by atoms with Crippen molar-refractivity contribution < 1.29 is 14.7 Å². The van der Waals surface area contributed by atoms with Crippen LogP contribution in [-0.2, 0) is 4.79 Å². The van der Waals surface area contributed by atoms with Gasteiger partial charge in [-0.15, -0.1) is 0 Å². The normalized spacial score (nSPS) is 17.7. The predicted octanol–water partition coefficient (Wildman–Crippen LogP) is 2.19. The molecule has 1 unspecified atom stereocenters. The van der Waals surface area contributed by atoms with Crippen molar-refractivity contribution in [2.24, 2.45) is 0 Å². The van der Waals surface area contributed by atoms with Crippen LogP contribution in [0.2, 0.25) is 0 Å². The van der Waals surface area contributed by atoms with Gasteiger partial charge >= 0.3 is 5.97 Å². The molecule has 1 aliphatic heterocycles. The number of carboxylic acid groups (broad SMARTS) is 1. The lowest BCUT2D eigenvalue weighted by Crippen LogP contribution is -2.37. The average molecular weight is 370 g/mol. The van der Waals surface area contributed by atoms with Crippen molar-refractivity contribution in [2.45, 2.75) is 32.2 Å². The summed E-state index contributed by atoms with van der Waals surface area (Å²) in [6, 6.07) is 7.69. The van der Waals surface area contributed by atoms with Crippen LogP contribution in [0.4, 0.5) is 0 Å². The minimum atomic E-state index is -0.817. The average Bonchev–Trinajstić information content (AvgIpc) is 2.92. The van der Waals surface area contributed by atoms with E-state index in [1.54, 1.807) is 10.9 Å². The number of aromatic nitrogens is 2. The van der Waals surface area contributed by atoms with Crippen LogP contribution in [0.5, 0.6) is 0 Å². The number of aryl methyl sites for hydroxylation is 1. The molecule has 1 aliphatic rings. The van der Waals surface area contributed by atoms with Crippen LogP contribution >= 0.6 is 0 Å². The molecule has 1 aromatic carbocycles. The minimum Gasteiger partial charge on any atom is -0.480 e. The van der Waals surface area contributed by atoms with Crippen LogP contribution in [0, 0.1) is 6.92 Å². The zero-order valence-electron chi connectivity index (χ0n) is 15.8. The second-order valence-corrected chi connectivity index (χ2v) is 7.19. The third-order valence-electron chi connectivity index (χ3n) is 5.08. The van der Waals surface area contributed by atoms with E-state index in [-0.39, 0.29) is 18.5 Å². The van der Waals surface area contributed by atoms with Crippen LogP contribution in [0.25, 0.3) is 5.69 Å². The van der Waals surface area contributed by atoms with Crippen molar-refractivity contribution >= 4 is 11.9 Å². The molecule has 1 amide bonds. The van der Waals surface area contributed by atoms with Gasteiger partial charge in [0, 0.05) is 30.9 Å². The number of nitrogens with zero attached hydrogens (tertiary/aromatic N) is 4. The van der Waals surface area contributed by atoms with Crippen LogP contribution in [-0.4, -0.2) is 69.3 Å². The molecule has 1 aromatic heterocycles. The molecule has 2 aromatic rings. The smallest absolute Gasteiger partial charge is 0.317 e. The first-order chi connectivity index (χ1) is 12.9. The Bertz CT molecular complexity index is 800. The van der Waals surface area contributed by atoms with Gasteiger partial charge in [-0.3, -0.25) is 14.5 Å². The first kappa shape index (κ1) is 19.1. The highest BCUT2D eigenvalue weighted by molar-refractivity contribution is 5.94. The molecule has 7 nitrogen and oxygen atoms in total. The largest absolute Gasteiger partial charge is 0.480 e. The van der Waals surface area contributed by atoms with Gasteiger partial charge in [-0.25, -0.2) is 4.68 Å². The molecule has 0 aliphatic carbocycles. The molecule has 0 spiro atoms. The third-order valence-corrected chi connectivity index (χ3v) is 5.08. The van der Waals surface area contributed by atoms with E-state index in [0.29, 0.717) is 18.7 Å². The predicted molar refractivity (Wildman–Crippen MR) is 102 cm³/mol. The van der Waals surface area contributed by atoms with Gasteiger partial charge in [0.25, 0.3) is 5.91 Å². The van der Waals surface area contributed by atoms with Crippen molar-refractivity contribution in [2.75, 3.05) is 26.7 Å². The molecule has 1 saturated heterocycles. The first-order valence-electron chi connectivity index (χ1n) is 9.27. The van der Waals surface area contributed by atoms with E-state index in [9.17, 15) is 9.59 Å². The minimum absolute atomic E-state index is 0.0275. The fourth-order valence-electron chi connectivity index (χ4n) is 3.56. The van der Waals surface area contributed by atoms with Gasteiger partial charge in [0.05, 0.1) is 18.4 Å². The summed E-state index contributed by atoms with van der Waals surface area (Å²) in [5, 5.41) is 13.3. The lowest BCUT2D eigenvalue weighted by atomic mass is 10.1. The third kappa shape index (κ3) is 4.74. The molecule has 0 saturated carbocycles. The van der Waals surface area contributed by atoms with E-state index >= 15 is 0 Å². The fourth-order valence-corrected chi connectivity index (χ4v) is 3.56. The molecule has 2 heterocycles. The number of benzene rings is 1.